The molecule has 1 amide bonds. The smallest absolute Gasteiger partial charge is 0.223 e. The SMILES string of the molecule is CCOc1ccc(CNC[C@]2(O)CN(C(=O)CCc3ccccc3)CC[C@H]2O)cc1. The zero-order valence-electron chi connectivity index (χ0n) is 17.6. The normalized spacial score (nSPS) is 21.4. The first-order valence-corrected chi connectivity index (χ1v) is 10.6. The maximum Gasteiger partial charge on any atom is 0.223 e. The first-order chi connectivity index (χ1) is 14.5. The van der Waals surface area contributed by atoms with Gasteiger partial charge in [0.25, 0.3) is 0 Å². The van der Waals surface area contributed by atoms with Crippen molar-refractivity contribution in [2.45, 2.75) is 44.4 Å². The van der Waals surface area contributed by atoms with Gasteiger partial charge in [0.1, 0.15) is 11.4 Å². The lowest BCUT2D eigenvalue weighted by Crippen LogP contribution is -2.62. The topological polar surface area (TPSA) is 82.0 Å². The lowest BCUT2D eigenvalue weighted by Gasteiger charge is -2.43. The minimum atomic E-state index is -1.36. The first kappa shape index (κ1) is 22.3. The van der Waals surface area contributed by atoms with Crippen LogP contribution in [0.2, 0.25) is 0 Å². The average Bonchev–Trinajstić information content (AvgIpc) is 2.76. The molecule has 0 saturated carbocycles. The van der Waals surface area contributed by atoms with E-state index in [-0.39, 0.29) is 19.0 Å². The fourth-order valence-electron chi connectivity index (χ4n) is 3.80. The zero-order valence-corrected chi connectivity index (χ0v) is 17.6. The molecule has 6 heteroatoms. The van der Waals surface area contributed by atoms with Crippen LogP contribution in [0, 0.1) is 0 Å². The van der Waals surface area contributed by atoms with E-state index in [1.54, 1.807) is 4.90 Å². The number of benzene rings is 2. The largest absolute Gasteiger partial charge is 0.494 e. The number of hydrogen-bond acceptors (Lipinski definition) is 5. The van der Waals surface area contributed by atoms with Gasteiger partial charge in [0, 0.05) is 26.1 Å². The summed E-state index contributed by atoms with van der Waals surface area (Å²) in [5.74, 6) is 0.836. The van der Waals surface area contributed by atoms with Crippen LogP contribution in [0.1, 0.15) is 30.9 Å². The van der Waals surface area contributed by atoms with E-state index in [9.17, 15) is 15.0 Å². The van der Waals surface area contributed by atoms with Crippen LogP contribution in [-0.4, -0.2) is 59.0 Å². The maximum atomic E-state index is 12.6. The third-order valence-corrected chi connectivity index (χ3v) is 5.58. The number of ether oxygens (including phenoxy) is 1. The highest BCUT2D eigenvalue weighted by Crippen LogP contribution is 2.23. The standard InChI is InChI=1S/C24H32N2O4/c1-2-30-21-11-8-20(9-12-21)16-25-17-24(29)18-26(15-14-22(24)27)23(28)13-10-19-6-4-3-5-7-19/h3-9,11-12,22,25,27,29H,2,10,13-18H2,1H3/t22-,24+/m1/s1. The quantitative estimate of drug-likeness (QED) is 0.588. The molecular weight excluding hydrogens is 380 g/mol. The molecule has 1 aliphatic rings. The number of nitrogens with zero attached hydrogens (tertiary/aromatic N) is 1. The summed E-state index contributed by atoms with van der Waals surface area (Å²) < 4.78 is 5.44. The van der Waals surface area contributed by atoms with E-state index in [2.05, 4.69) is 5.32 Å². The van der Waals surface area contributed by atoms with Crippen LogP contribution in [0.15, 0.2) is 54.6 Å². The molecule has 2 aromatic rings. The number of likely N-dealkylation sites (tertiary alicyclic amines) is 1. The van der Waals surface area contributed by atoms with Gasteiger partial charge in [-0.1, -0.05) is 42.5 Å². The molecule has 1 saturated heterocycles. The van der Waals surface area contributed by atoms with Crippen molar-refractivity contribution in [3.8, 4) is 5.75 Å². The molecule has 30 heavy (non-hydrogen) atoms. The molecule has 0 radical (unpaired) electrons. The number of carbonyl (C=O) groups excluding carboxylic acids is 1. The van der Waals surface area contributed by atoms with Gasteiger partial charge >= 0.3 is 0 Å². The molecule has 1 aliphatic heterocycles. The van der Waals surface area contributed by atoms with Gasteiger partial charge in [-0.25, -0.2) is 0 Å². The molecule has 1 fully saturated rings. The third kappa shape index (κ3) is 6.05. The molecule has 0 bridgehead atoms. The molecule has 0 spiro atoms. The van der Waals surface area contributed by atoms with Crippen molar-refractivity contribution < 1.29 is 19.7 Å². The Morgan fingerprint density at radius 3 is 2.60 bits per heavy atom. The number of aliphatic hydroxyl groups excluding tert-OH is 1. The van der Waals surface area contributed by atoms with Crippen LogP contribution < -0.4 is 10.1 Å². The summed E-state index contributed by atoms with van der Waals surface area (Å²) >= 11 is 0. The Kier molecular flexibility index (Phi) is 7.85. The number of carbonyl (C=O) groups is 1. The van der Waals surface area contributed by atoms with E-state index < -0.39 is 11.7 Å². The van der Waals surface area contributed by atoms with Gasteiger partial charge in [-0.2, -0.15) is 0 Å². The molecule has 6 nitrogen and oxygen atoms in total. The van der Waals surface area contributed by atoms with Crippen LogP contribution in [0.25, 0.3) is 0 Å². The van der Waals surface area contributed by atoms with Crippen molar-refractivity contribution in [2.75, 3.05) is 26.2 Å². The number of piperidine rings is 1. The summed E-state index contributed by atoms with van der Waals surface area (Å²) in [6.45, 7) is 3.95. The van der Waals surface area contributed by atoms with Crippen LogP contribution in [0.5, 0.6) is 5.75 Å². The van der Waals surface area contributed by atoms with Gasteiger partial charge in [0.15, 0.2) is 0 Å². The molecule has 0 unspecified atom stereocenters. The second-order valence-electron chi connectivity index (χ2n) is 7.89. The van der Waals surface area contributed by atoms with E-state index in [1.807, 2.05) is 61.5 Å². The van der Waals surface area contributed by atoms with Crippen molar-refractivity contribution >= 4 is 5.91 Å². The number of β-amino-alcohol motifs (C(OH)–C–C–N with tert-alkyl or cyclic N) is 1. The van der Waals surface area contributed by atoms with E-state index in [0.717, 1.165) is 16.9 Å². The van der Waals surface area contributed by atoms with Gasteiger partial charge in [-0.15, -0.1) is 0 Å². The fraction of sp³-hybridized carbons (Fsp3) is 0.458. The first-order valence-electron chi connectivity index (χ1n) is 10.6. The van der Waals surface area contributed by atoms with Gasteiger partial charge < -0.3 is 25.2 Å². The number of hydrogen-bond donors (Lipinski definition) is 3. The van der Waals surface area contributed by atoms with E-state index in [0.29, 0.717) is 39.0 Å². The Hall–Kier alpha value is -2.41. The second-order valence-corrected chi connectivity index (χ2v) is 7.89. The number of nitrogens with one attached hydrogen (secondary N) is 1. The Balaban J connectivity index is 1.49. The lowest BCUT2D eigenvalue weighted by atomic mass is 9.89. The average molecular weight is 413 g/mol. The maximum absolute atomic E-state index is 12.6. The number of aryl methyl sites for hydroxylation is 1. The molecule has 1 heterocycles. The summed E-state index contributed by atoms with van der Waals surface area (Å²) in [6.07, 6.45) is 0.588. The summed E-state index contributed by atoms with van der Waals surface area (Å²) in [7, 11) is 0. The minimum absolute atomic E-state index is 0.00990. The van der Waals surface area contributed by atoms with Gasteiger partial charge in [0.05, 0.1) is 19.3 Å². The van der Waals surface area contributed by atoms with Gasteiger partial charge in [0.2, 0.25) is 5.91 Å². The Morgan fingerprint density at radius 1 is 1.17 bits per heavy atom. The molecule has 2 aromatic carbocycles. The van der Waals surface area contributed by atoms with Crippen molar-refractivity contribution in [1.82, 2.24) is 10.2 Å². The molecular formula is C24H32N2O4. The molecule has 0 aliphatic carbocycles. The third-order valence-electron chi connectivity index (χ3n) is 5.58. The van der Waals surface area contributed by atoms with Crippen LogP contribution in [0.3, 0.4) is 0 Å². The summed E-state index contributed by atoms with van der Waals surface area (Å²) in [4.78, 5) is 14.3. The molecule has 3 rings (SSSR count). The van der Waals surface area contributed by atoms with E-state index >= 15 is 0 Å². The highest BCUT2D eigenvalue weighted by molar-refractivity contribution is 5.76. The van der Waals surface area contributed by atoms with Crippen LogP contribution in [0.4, 0.5) is 0 Å². The molecule has 3 N–H and O–H groups in total. The number of amides is 1. The number of aliphatic hydroxyl groups is 2. The molecule has 0 aromatic heterocycles. The van der Waals surface area contributed by atoms with Crippen molar-refractivity contribution in [3.63, 3.8) is 0 Å². The molecule has 162 valence electrons. The van der Waals surface area contributed by atoms with Gasteiger partial charge in [-0.05, 0) is 43.0 Å². The van der Waals surface area contributed by atoms with Crippen LogP contribution >= 0.6 is 0 Å². The highest BCUT2D eigenvalue weighted by Gasteiger charge is 2.42. The monoisotopic (exact) mass is 412 g/mol. The highest BCUT2D eigenvalue weighted by atomic mass is 16.5. The minimum Gasteiger partial charge on any atom is -0.494 e. The predicted octanol–water partition coefficient (Wildman–Crippen LogP) is 2.13. The molecule has 2 atom stereocenters. The Morgan fingerprint density at radius 2 is 1.90 bits per heavy atom. The van der Waals surface area contributed by atoms with Crippen molar-refractivity contribution in [3.05, 3.63) is 65.7 Å². The summed E-state index contributed by atoms with van der Waals surface area (Å²) in [6, 6.07) is 17.7. The number of rotatable bonds is 9. The predicted molar refractivity (Wildman–Crippen MR) is 116 cm³/mol. The van der Waals surface area contributed by atoms with Gasteiger partial charge in [-0.3, -0.25) is 4.79 Å². The Bertz CT molecular complexity index is 797. The Labute approximate surface area is 178 Å². The van der Waals surface area contributed by atoms with E-state index in [4.69, 9.17) is 4.74 Å². The fourth-order valence-corrected chi connectivity index (χ4v) is 3.80. The van der Waals surface area contributed by atoms with Crippen molar-refractivity contribution in [1.29, 1.82) is 0 Å². The lowest BCUT2D eigenvalue weighted by molar-refractivity contribution is -0.151. The zero-order chi connectivity index (χ0) is 21.4. The second kappa shape index (κ2) is 10.6. The van der Waals surface area contributed by atoms with Crippen molar-refractivity contribution in [2.24, 2.45) is 0 Å². The summed E-state index contributed by atoms with van der Waals surface area (Å²) in [5, 5.41) is 24.6. The van der Waals surface area contributed by atoms with Crippen LogP contribution in [-0.2, 0) is 17.8 Å². The van der Waals surface area contributed by atoms with E-state index in [1.165, 1.54) is 0 Å². The summed E-state index contributed by atoms with van der Waals surface area (Å²) in [5.41, 5.74) is 0.824.